The van der Waals surface area contributed by atoms with Crippen LogP contribution in [0.4, 0.5) is 5.82 Å². The van der Waals surface area contributed by atoms with Crippen LogP contribution in [0.5, 0.6) is 0 Å². The number of thiophene rings is 1. The fraction of sp³-hybridized carbons (Fsp3) is 0.600. The monoisotopic (exact) mass is 305 g/mol. The Morgan fingerprint density at radius 1 is 1.33 bits per heavy atom. The van der Waals surface area contributed by atoms with E-state index in [-0.39, 0.29) is 0 Å². The van der Waals surface area contributed by atoms with E-state index in [0.29, 0.717) is 0 Å². The van der Waals surface area contributed by atoms with E-state index in [2.05, 4.69) is 36.2 Å². The standard InChI is InChI=1S/C15H23N5S/c1-9-10(2)21-15-13(9)14(19-16)17-12(18-15)8-20(3)7-11-5-4-6-11/h11H,4-8,16H2,1-3H3,(H,17,18,19). The number of fused-ring (bicyclic) bond motifs is 1. The lowest BCUT2D eigenvalue weighted by Gasteiger charge is -2.29. The summed E-state index contributed by atoms with van der Waals surface area (Å²) in [4.78, 5) is 13.9. The Kier molecular flexibility index (Phi) is 4.10. The average Bonchev–Trinajstić information content (AvgIpc) is 2.69. The molecular weight excluding hydrogens is 282 g/mol. The van der Waals surface area contributed by atoms with Gasteiger partial charge < -0.3 is 5.43 Å². The largest absolute Gasteiger partial charge is 0.308 e. The van der Waals surface area contributed by atoms with Crippen molar-refractivity contribution in [2.75, 3.05) is 19.0 Å². The average molecular weight is 305 g/mol. The second kappa shape index (κ2) is 5.87. The molecule has 2 heterocycles. The van der Waals surface area contributed by atoms with Gasteiger partial charge >= 0.3 is 0 Å². The molecule has 0 unspecified atom stereocenters. The van der Waals surface area contributed by atoms with Gasteiger partial charge in [-0.2, -0.15) is 0 Å². The van der Waals surface area contributed by atoms with Gasteiger partial charge in [0.1, 0.15) is 10.7 Å². The van der Waals surface area contributed by atoms with Crippen LogP contribution in [0, 0.1) is 19.8 Å². The van der Waals surface area contributed by atoms with E-state index in [4.69, 9.17) is 10.8 Å². The fourth-order valence-electron chi connectivity index (χ4n) is 2.89. The molecule has 6 heteroatoms. The zero-order valence-corrected chi connectivity index (χ0v) is 13.8. The van der Waals surface area contributed by atoms with Crippen molar-refractivity contribution < 1.29 is 0 Å². The Labute approximate surface area is 129 Å². The van der Waals surface area contributed by atoms with Crippen LogP contribution in [-0.4, -0.2) is 28.5 Å². The van der Waals surface area contributed by atoms with Crippen molar-refractivity contribution in [2.45, 2.75) is 39.7 Å². The predicted molar refractivity (Wildman–Crippen MR) is 88.4 cm³/mol. The van der Waals surface area contributed by atoms with Gasteiger partial charge in [-0.25, -0.2) is 15.8 Å². The molecule has 0 amide bonds. The van der Waals surface area contributed by atoms with Crippen LogP contribution in [0.25, 0.3) is 10.2 Å². The van der Waals surface area contributed by atoms with E-state index in [1.165, 1.54) is 29.7 Å². The number of hydrazine groups is 1. The summed E-state index contributed by atoms with van der Waals surface area (Å²) in [5, 5.41) is 1.06. The zero-order valence-electron chi connectivity index (χ0n) is 12.9. The molecule has 2 aromatic heterocycles. The van der Waals surface area contributed by atoms with Gasteiger partial charge in [-0.15, -0.1) is 11.3 Å². The number of nitrogens with zero attached hydrogens (tertiary/aromatic N) is 3. The number of aromatic nitrogens is 2. The highest BCUT2D eigenvalue weighted by molar-refractivity contribution is 7.18. The van der Waals surface area contributed by atoms with Crippen LogP contribution in [0.15, 0.2) is 0 Å². The van der Waals surface area contributed by atoms with E-state index in [9.17, 15) is 0 Å². The van der Waals surface area contributed by atoms with Gasteiger partial charge in [0.25, 0.3) is 0 Å². The van der Waals surface area contributed by atoms with E-state index < -0.39 is 0 Å². The normalized spacial score (nSPS) is 15.7. The first kappa shape index (κ1) is 14.7. The second-order valence-corrected chi connectivity index (χ2v) is 7.29. The third kappa shape index (κ3) is 2.88. The van der Waals surface area contributed by atoms with Gasteiger partial charge in [0.05, 0.1) is 11.9 Å². The summed E-state index contributed by atoms with van der Waals surface area (Å²) in [5.41, 5.74) is 3.96. The number of anilines is 1. The molecule has 5 nitrogen and oxygen atoms in total. The molecule has 114 valence electrons. The molecule has 0 aromatic carbocycles. The van der Waals surface area contributed by atoms with Crippen molar-refractivity contribution >= 4 is 27.4 Å². The topological polar surface area (TPSA) is 67.1 Å². The van der Waals surface area contributed by atoms with Gasteiger partial charge in [-0.05, 0) is 45.2 Å². The van der Waals surface area contributed by atoms with Crippen molar-refractivity contribution in [1.82, 2.24) is 14.9 Å². The smallest absolute Gasteiger partial charge is 0.152 e. The maximum absolute atomic E-state index is 5.66. The van der Waals surface area contributed by atoms with Crippen molar-refractivity contribution in [3.05, 3.63) is 16.3 Å². The molecule has 0 atom stereocenters. The maximum Gasteiger partial charge on any atom is 0.152 e. The zero-order chi connectivity index (χ0) is 15.0. The SMILES string of the molecule is Cc1sc2nc(CN(C)CC3CCC3)nc(NN)c2c1C. The lowest BCUT2D eigenvalue weighted by atomic mass is 9.85. The van der Waals surface area contributed by atoms with Crippen LogP contribution in [0.2, 0.25) is 0 Å². The number of nitrogens with one attached hydrogen (secondary N) is 1. The first-order valence-electron chi connectivity index (χ1n) is 7.50. The van der Waals surface area contributed by atoms with Crippen LogP contribution < -0.4 is 11.3 Å². The number of nitrogens with two attached hydrogens (primary N) is 1. The van der Waals surface area contributed by atoms with Crippen molar-refractivity contribution in [3.8, 4) is 0 Å². The number of rotatable bonds is 5. The molecule has 1 aliphatic rings. The van der Waals surface area contributed by atoms with Crippen molar-refractivity contribution in [2.24, 2.45) is 11.8 Å². The highest BCUT2D eigenvalue weighted by Crippen LogP contribution is 2.33. The molecule has 0 spiro atoms. The Morgan fingerprint density at radius 3 is 2.71 bits per heavy atom. The number of aryl methyl sites for hydroxylation is 2. The van der Waals surface area contributed by atoms with Crippen LogP contribution in [0.3, 0.4) is 0 Å². The molecule has 3 N–H and O–H groups in total. The van der Waals surface area contributed by atoms with Crippen LogP contribution >= 0.6 is 11.3 Å². The first-order valence-corrected chi connectivity index (χ1v) is 8.32. The second-order valence-electron chi connectivity index (χ2n) is 6.09. The third-order valence-corrected chi connectivity index (χ3v) is 5.52. The van der Waals surface area contributed by atoms with Gasteiger partial charge in [-0.1, -0.05) is 6.42 Å². The van der Waals surface area contributed by atoms with E-state index in [0.717, 1.165) is 40.9 Å². The van der Waals surface area contributed by atoms with E-state index in [1.54, 1.807) is 11.3 Å². The number of hydrogen-bond donors (Lipinski definition) is 2. The Hall–Kier alpha value is -1.24. The summed E-state index contributed by atoms with van der Waals surface area (Å²) in [6.07, 6.45) is 4.11. The minimum atomic E-state index is 0.744. The fourth-order valence-corrected chi connectivity index (χ4v) is 3.94. The molecule has 0 bridgehead atoms. The van der Waals surface area contributed by atoms with Crippen LogP contribution in [0.1, 0.15) is 35.5 Å². The third-order valence-electron chi connectivity index (χ3n) is 4.42. The van der Waals surface area contributed by atoms with Crippen LogP contribution in [-0.2, 0) is 6.54 Å². The summed E-state index contributed by atoms with van der Waals surface area (Å²) < 4.78 is 0. The highest BCUT2D eigenvalue weighted by Gasteiger charge is 2.20. The quantitative estimate of drug-likeness (QED) is 0.657. The molecule has 1 saturated carbocycles. The van der Waals surface area contributed by atoms with Gasteiger partial charge in [0, 0.05) is 11.4 Å². The molecular formula is C15H23N5S. The summed E-state index contributed by atoms with van der Waals surface area (Å²) in [7, 11) is 2.15. The summed E-state index contributed by atoms with van der Waals surface area (Å²) >= 11 is 1.71. The molecule has 0 saturated heterocycles. The lowest BCUT2D eigenvalue weighted by molar-refractivity contribution is 0.197. The predicted octanol–water partition coefficient (Wildman–Crippen LogP) is 2.83. The summed E-state index contributed by atoms with van der Waals surface area (Å²) in [6.45, 7) is 6.12. The lowest BCUT2D eigenvalue weighted by Crippen LogP contribution is -2.29. The molecule has 0 radical (unpaired) electrons. The van der Waals surface area contributed by atoms with Gasteiger partial charge in [0.15, 0.2) is 5.82 Å². The number of nitrogen functional groups attached to an aromatic ring is 1. The minimum Gasteiger partial charge on any atom is -0.308 e. The highest BCUT2D eigenvalue weighted by atomic mass is 32.1. The minimum absolute atomic E-state index is 0.744. The molecule has 3 rings (SSSR count). The Morgan fingerprint density at radius 2 is 2.10 bits per heavy atom. The maximum atomic E-state index is 5.66. The van der Waals surface area contributed by atoms with E-state index in [1.807, 2.05) is 0 Å². The summed E-state index contributed by atoms with van der Waals surface area (Å²) in [6, 6.07) is 0. The molecule has 1 fully saturated rings. The van der Waals surface area contributed by atoms with Gasteiger partial charge in [0.2, 0.25) is 0 Å². The summed E-state index contributed by atoms with van der Waals surface area (Å²) in [5.74, 6) is 8.10. The Bertz CT molecular complexity index is 647. The molecule has 2 aromatic rings. The molecule has 0 aliphatic heterocycles. The van der Waals surface area contributed by atoms with Gasteiger partial charge in [-0.3, -0.25) is 4.90 Å². The van der Waals surface area contributed by atoms with Crippen molar-refractivity contribution in [1.29, 1.82) is 0 Å². The Balaban J connectivity index is 1.85. The number of hydrogen-bond acceptors (Lipinski definition) is 6. The van der Waals surface area contributed by atoms with E-state index >= 15 is 0 Å². The molecule has 21 heavy (non-hydrogen) atoms. The first-order chi connectivity index (χ1) is 10.1. The molecule has 1 aliphatic carbocycles. The van der Waals surface area contributed by atoms with Crippen molar-refractivity contribution in [3.63, 3.8) is 0 Å².